The normalized spacial score (nSPS) is 11.7. The predicted molar refractivity (Wildman–Crippen MR) is 121 cm³/mol. The average Bonchev–Trinajstić information content (AvgIpc) is 2.73. The van der Waals surface area contributed by atoms with Crippen LogP contribution in [0, 0.1) is 0 Å². The van der Waals surface area contributed by atoms with Crippen molar-refractivity contribution >= 4 is 23.1 Å². The fourth-order valence-corrected chi connectivity index (χ4v) is 3.06. The predicted octanol–water partition coefficient (Wildman–Crippen LogP) is 6.92. The van der Waals surface area contributed by atoms with Gasteiger partial charge in [0.2, 0.25) is 5.95 Å². The van der Waals surface area contributed by atoms with Crippen molar-refractivity contribution in [2.75, 3.05) is 17.3 Å². The minimum atomic E-state index is -4.59. The highest BCUT2D eigenvalue weighted by molar-refractivity contribution is 5.64. The molecule has 8 heteroatoms. The van der Waals surface area contributed by atoms with Gasteiger partial charge < -0.3 is 15.0 Å². The van der Waals surface area contributed by atoms with Gasteiger partial charge in [0.1, 0.15) is 17.1 Å². The number of nitrogens with zero attached hydrogens (tertiary/aromatic N) is 3. The molecule has 0 spiro atoms. The minimum absolute atomic E-state index is 0.0417. The Kier molecular flexibility index (Phi) is 6.91. The molecule has 5 nitrogen and oxygen atoms in total. The van der Waals surface area contributed by atoms with Crippen LogP contribution >= 0.6 is 0 Å². The van der Waals surface area contributed by atoms with Crippen LogP contribution in [0.1, 0.15) is 44.7 Å². The smallest absolute Gasteiger partial charge is 0.421 e. The highest BCUT2D eigenvalue weighted by atomic mass is 19.4. The van der Waals surface area contributed by atoms with Crippen LogP contribution in [0.2, 0.25) is 0 Å². The van der Waals surface area contributed by atoms with Crippen molar-refractivity contribution in [1.29, 1.82) is 0 Å². The maximum atomic E-state index is 13.6. The molecule has 1 N–H and O–H groups in total. The summed E-state index contributed by atoms with van der Waals surface area (Å²) in [5.74, 6) is 0.868. The standard InChI is InChI=1S/C24H27F3N4O/c1-15(2)17-6-8-18(9-7-17)29-22-21(24(25,26)27)14-28-23(30-22)31(5)19-10-12-20(13-11-19)32-16(3)4/h6-16H,1-5H3,(H,28,29,30). The summed E-state index contributed by atoms with van der Waals surface area (Å²) in [6.07, 6.45) is -3.74. The second-order valence-electron chi connectivity index (χ2n) is 8.05. The Morgan fingerprint density at radius 2 is 1.56 bits per heavy atom. The third-order valence-corrected chi connectivity index (χ3v) is 4.82. The summed E-state index contributed by atoms with van der Waals surface area (Å²) in [5, 5.41) is 2.80. The van der Waals surface area contributed by atoms with E-state index in [9.17, 15) is 13.2 Å². The Balaban J connectivity index is 1.91. The van der Waals surface area contributed by atoms with Crippen molar-refractivity contribution in [3.05, 3.63) is 65.9 Å². The number of halogens is 3. The van der Waals surface area contributed by atoms with Crippen molar-refractivity contribution in [3.63, 3.8) is 0 Å². The van der Waals surface area contributed by atoms with Gasteiger partial charge in [-0.1, -0.05) is 26.0 Å². The molecular formula is C24H27F3N4O. The summed E-state index contributed by atoms with van der Waals surface area (Å²) in [4.78, 5) is 9.76. The van der Waals surface area contributed by atoms with E-state index in [2.05, 4.69) is 29.1 Å². The second kappa shape index (κ2) is 9.46. The number of hydrogen-bond donors (Lipinski definition) is 1. The molecule has 0 aliphatic heterocycles. The van der Waals surface area contributed by atoms with Gasteiger partial charge in [0, 0.05) is 24.6 Å². The van der Waals surface area contributed by atoms with Crippen LogP contribution in [-0.2, 0) is 6.18 Å². The molecule has 1 aromatic heterocycles. The SMILES string of the molecule is CC(C)Oc1ccc(N(C)c2ncc(C(F)(F)F)c(Nc3ccc(C(C)C)cc3)n2)cc1. The highest BCUT2D eigenvalue weighted by Gasteiger charge is 2.35. The largest absolute Gasteiger partial charge is 0.491 e. The van der Waals surface area contributed by atoms with E-state index < -0.39 is 11.7 Å². The summed E-state index contributed by atoms with van der Waals surface area (Å²) in [6, 6.07) is 14.5. The Morgan fingerprint density at radius 1 is 0.938 bits per heavy atom. The fourth-order valence-electron chi connectivity index (χ4n) is 3.06. The van der Waals surface area contributed by atoms with Crippen LogP contribution in [0.25, 0.3) is 0 Å². The minimum Gasteiger partial charge on any atom is -0.491 e. The van der Waals surface area contributed by atoms with Crippen LogP contribution in [0.5, 0.6) is 5.75 Å². The van der Waals surface area contributed by atoms with E-state index in [1.807, 2.05) is 26.0 Å². The molecule has 2 aromatic carbocycles. The van der Waals surface area contributed by atoms with Gasteiger partial charge in [-0.3, -0.25) is 0 Å². The molecule has 32 heavy (non-hydrogen) atoms. The molecule has 0 bridgehead atoms. The number of hydrogen-bond acceptors (Lipinski definition) is 5. The summed E-state index contributed by atoms with van der Waals surface area (Å²) in [7, 11) is 1.70. The zero-order chi connectivity index (χ0) is 23.5. The zero-order valence-corrected chi connectivity index (χ0v) is 18.7. The third kappa shape index (κ3) is 5.69. The van der Waals surface area contributed by atoms with Crippen LogP contribution < -0.4 is 15.0 Å². The van der Waals surface area contributed by atoms with Crippen molar-refractivity contribution < 1.29 is 17.9 Å². The maximum Gasteiger partial charge on any atom is 0.421 e. The number of anilines is 4. The lowest BCUT2D eigenvalue weighted by molar-refractivity contribution is -0.137. The Hall–Kier alpha value is -3.29. The summed E-state index contributed by atoms with van der Waals surface area (Å²) in [6.45, 7) is 7.97. The number of nitrogens with one attached hydrogen (secondary N) is 1. The molecule has 0 unspecified atom stereocenters. The van der Waals surface area contributed by atoms with Crippen LogP contribution in [0.4, 0.5) is 36.3 Å². The van der Waals surface area contributed by atoms with E-state index in [-0.39, 0.29) is 17.9 Å². The Morgan fingerprint density at radius 3 is 2.09 bits per heavy atom. The zero-order valence-electron chi connectivity index (χ0n) is 18.7. The van der Waals surface area contributed by atoms with E-state index in [0.717, 1.165) is 11.8 Å². The molecule has 0 atom stereocenters. The van der Waals surface area contributed by atoms with E-state index in [1.54, 1.807) is 48.3 Å². The first kappa shape index (κ1) is 23.4. The molecule has 3 rings (SSSR count). The first-order valence-electron chi connectivity index (χ1n) is 10.4. The lowest BCUT2D eigenvalue weighted by Gasteiger charge is -2.21. The molecule has 0 aliphatic rings. The Labute approximate surface area is 186 Å². The quantitative estimate of drug-likeness (QED) is 0.429. The van der Waals surface area contributed by atoms with Gasteiger partial charge in [0.25, 0.3) is 0 Å². The number of ether oxygens (including phenoxy) is 1. The molecule has 3 aromatic rings. The summed E-state index contributed by atoms with van der Waals surface area (Å²) >= 11 is 0. The fraction of sp³-hybridized carbons (Fsp3) is 0.333. The second-order valence-corrected chi connectivity index (χ2v) is 8.05. The van der Waals surface area contributed by atoms with Gasteiger partial charge in [-0.2, -0.15) is 18.2 Å². The molecular weight excluding hydrogens is 417 g/mol. The van der Waals surface area contributed by atoms with E-state index in [0.29, 0.717) is 23.0 Å². The molecule has 0 amide bonds. The summed E-state index contributed by atoms with van der Waals surface area (Å²) < 4.78 is 46.4. The average molecular weight is 445 g/mol. The van der Waals surface area contributed by atoms with Crippen molar-refractivity contribution in [1.82, 2.24) is 9.97 Å². The number of alkyl halides is 3. The number of rotatable bonds is 7. The lowest BCUT2D eigenvalue weighted by Crippen LogP contribution is -2.17. The monoisotopic (exact) mass is 444 g/mol. The number of aromatic nitrogens is 2. The topological polar surface area (TPSA) is 50.3 Å². The molecule has 0 saturated heterocycles. The molecule has 0 saturated carbocycles. The van der Waals surface area contributed by atoms with Crippen molar-refractivity contribution in [3.8, 4) is 5.75 Å². The van der Waals surface area contributed by atoms with Gasteiger partial charge in [0.05, 0.1) is 6.10 Å². The molecule has 1 heterocycles. The molecule has 0 aliphatic carbocycles. The Bertz CT molecular complexity index is 1030. The first-order chi connectivity index (χ1) is 15.0. The molecule has 0 radical (unpaired) electrons. The van der Waals surface area contributed by atoms with Crippen LogP contribution in [0.3, 0.4) is 0 Å². The summed E-state index contributed by atoms with van der Waals surface area (Å²) in [5.41, 5.74) is 1.40. The van der Waals surface area contributed by atoms with Crippen molar-refractivity contribution in [2.24, 2.45) is 0 Å². The molecule has 0 fully saturated rings. The lowest BCUT2D eigenvalue weighted by atomic mass is 10.0. The van der Waals surface area contributed by atoms with E-state index >= 15 is 0 Å². The van der Waals surface area contributed by atoms with Crippen molar-refractivity contribution in [2.45, 2.75) is 45.9 Å². The van der Waals surface area contributed by atoms with Crippen LogP contribution in [0.15, 0.2) is 54.7 Å². The highest BCUT2D eigenvalue weighted by Crippen LogP contribution is 2.36. The van der Waals surface area contributed by atoms with Gasteiger partial charge in [-0.15, -0.1) is 0 Å². The maximum absolute atomic E-state index is 13.6. The van der Waals surface area contributed by atoms with Gasteiger partial charge in [0.15, 0.2) is 0 Å². The van der Waals surface area contributed by atoms with E-state index in [4.69, 9.17) is 4.74 Å². The van der Waals surface area contributed by atoms with E-state index in [1.165, 1.54) is 0 Å². The van der Waals surface area contributed by atoms with Gasteiger partial charge in [-0.05, 0) is 61.7 Å². The number of benzene rings is 2. The van der Waals surface area contributed by atoms with Gasteiger partial charge in [-0.25, -0.2) is 4.98 Å². The molecule has 170 valence electrons. The van der Waals surface area contributed by atoms with Crippen LogP contribution in [-0.4, -0.2) is 23.1 Å². The van der Waals surface area contributed by atoms with Gasteiger partial charge >= 0.3 is 6.18 Å². The first-order valence-corrected chi connectivity index (χ1v) is 10.4. The third-order valence-electron chi connectivity index (χ3n) is 4.82.